The van der Waals surface area contributed by atoms with Gasteiger partial charge in [0.05, 0.1) is 13.7 Å². The molecular formula is C13H18N2O4. The van der Waals surface area contributed by atoms with Gasteiger partial charge in [0.2, 0.25) is 0 Å². The Labute approximate surface area is 112 Å². The molecule has 0 aliphatic rings. The molecular weight excluding hydrogens is 248 g/mol. The average molecular weight is 266 g/mol. The minimum atomic E-state index is -0.679. The molecule has 19 heavy (non-hydrogen) atoms. The molecule has 6 nitrogen and oxygen atoms in total. The van der Waals surface area contributed by atoms with Gasteiger partial charge in [-0.25, -0.2) is 0 Å². The SMILES string of the molecule is COCCNC(=O)C(=O)NCc1ccccc1OC. The molecule has 0 spiro atoms. The minimum absolute atomic E-state index is 0.237. The summed E-state index contributed by atoms with van der Waals surface area (Å²) in [5, 5.41) is 4.97. The number of carbonyl (C=O) groups is 2. The fraction of sp³-hybridized carbons (Fsp3) is 0.385. The molecule has 0 heterocycles. The van der Waals surface area contributed by atoms with Crippen LogP contribution in [0.1, 0.15) is 5.56 Å². The van der Waals surface area contributed by atoms with Gasteiger partial charge in [-0.1, -0.05) is 18.2 Å². The zero-order valence-corrected chi connectivity index (χ0v) is 11.1. The number of rotatable bonds is 6. The molecule has 2 amide bonds. The molecule has 6 heteroatoms. The molecule has 2 N–H and O–H groups in total. The van der Waals surface area contributed by atoms with Crippen LogP contribution in [-0.2, 0) is 20.9 Å². The lowest BCUT2D eigenvalue weighted by Gasteiger charge is -2.09. The highest BCUT2D eigenvalue weighted by molar-refractivity contribution is 6.35. The van der Waals surface area contributed by atoms with Crippen LogP contribution in [0.25, 0.3) is 0 Å². The number of ether oxygens (including phenoxy) is 2. The van der Waals surface area contributed by atoms with Gasteiger partial charge in [-0.3, -0.25) is 9.59 Å². The second kappa shape index (κ2) is 8.10. The van der Waals surface area contributed by atoms with Gasteiger partial charge < -0.3 is 20.1 Å². The largest absolute Gasteiger partial charge is 0.496 e. The summed E-state index contributed by atoms with van der Waals surface area (Å²) in [6, 6.07) is 7.28. The van der Waals surface area contributed by atoms with Crippen molar-refractivity contribution >= 4 is 11.8 Å². The van der Waals surface area contributed by atoms with Gasteiger partial charge in [0, 0.05) is 25.8 Å². The third-order valence-corrected chi connectivity index (χ3v) is 2.43. The molecule has 0 saturated carbocycles. The molecule has 0 aliphatic heterocycles. The Morgan fingerprint density at radius 1 is 1.11 bits per heavy atom. The summed E-state index contributed by atoms with van der Waals surface area (Å²) >= 11 is 0. The van der Waals surface area contributed by atoms with Crippen molar-refractivity contribution in [2.45, 2.75) is 6.54 Å². The van der Waals surface area contributed by atoms with E-state index in [1.54, 1.807) is 13.2 Å². The quantitative estimate of drug-likeness (QED) is 0.564. The normalized spacial score (nSPS) is 9.79. The number of hydrogen-bond donors (Lipinski definition) is 2. The zero-order valence-electron chi connectivity index (χ0n) is 11.1. The first kappa shape index (κ1) is 15.0. The first-order valence-electron chi connectivity index (χ1n) is 5.86. The molecule has 0 fully saturated rings. The highest BCUT2D eigenvalue weighted by atomic mass is 16.5. The van der Waals surface area contributed by atoms with Crippen LogP contribution in [0.5, 0.6) is 5.75 Å². The Bertz CT molecular complexity index is 434. The van der Waals surface area contributed by atoms with Crippen molar-refractivity contribution in [2.24, 2.45) is 0 Å². The van der Waals surface area contributed by atoms with Gasteiger partial charge in [-0.2, -0.15) is 0 Å². The Hall–Kier alpha value is -2.08. The van der Waals surface area contributed by atoms with E-state index in [0.29, 0.717) is 18.9 Å². The molecule has 0 aromatic heterocycles. The molecule has 0 atom stereocenters. The van der Waals surface area contributed by atoms with E-state index in [2.05, 4.69) is 10.6 Å². The average Bonchev–Trinajstić information content (AvgIpc) is 2.45. The Morgan fingerprint density at radius 2 is 1.79 bits per heavy atom. The number of para-hydroxylation sites is 1. The number of benzene rings is 1. The summed E-state index contributed by atoms with van der Waals surface area (Å²) in [4.78, 5) is 22.9. The molecule has 0 bridgehead atoms. The summed E-state index contributed by atoms with van der Waals surface area (Å²) in [5.74, 6) is -0.684. The second-order valence-corrected chi connectivity index (χ2v) is 3.74. The van der Waals surface area contributed by atoms with Gasteiger partial charge in [-0.15, -0.1) is 0 Å². The van der Waals surface area contributed by atoms with Gasteiger partial charge in [-0.05, 0) is 6.07 Å². The maximum absolute atomic E-state index is 11.5. The Morgan fingerprint density at radius 3 is 2.47 bits per heavy atom. The van der Waals surface area contributed by atoms with Crippen molar-refractivity contribution in [3.8, 4) is 5.75 Å². The van der Waals surface area contributed by atoms with Crippen LogP contribution in [-0.4, -0.2) is 39.2 Å². The van der Waals surface area contributed by atoms with E-state index in [1.165, 1.54) is 7.11 Å². The van der Waals surface area contributed by atoms with Crippen molar-refractivity contribution < 1.29 is 19.1 Å². The lowest BCUT2D eigenvalue weighted by Crippen LogP contribution is -2.40. The predicted octanol–water partition coefficient (Wildman–Crippen LogP) is 0.0740. The fourth-order valence-corrected chi connectivity index (χ4v) is 1.45. The van der Waals surface area contributed by atoms with E-state index >= 15 is 0 Å². The van der Waals surface area contributed by atoms with Crippen molar-refractivity contribution in [2.75, 3.05) is 27.4 Å². The van der Waals surface area contributed by atoms with Gasteiger partial charge in [0.1, 0.15) is 5.75 Å². The van der Waals surface area contributed by atoms with Gasteiger partial charge in [0.25, 0.3) is 0 Å². The summed E-state index contributed by atoms with van der Waals surface area (Å²) < 4.78 is 9.92. The maximum atomic E-state index is 11.5. The predicted molar refractivity (Wildman–Crippen MR) is 69.7 cm³/mol. The van der Waals surface area contributed by atoms with Crippen LogP contribution >= 0.6 is 0 Å². The van der Waals surface area contributed by atoms with E-state index in [4.69, 9.17) is 9.47 Å². The first-order chi connectivity index (χ1) is 9.19. The lowest BCUT2D eigenvalue weighted by molar-refractivity contribution is -0.139. The fourth-order valence-electron chi connectivity index (χ4n) is 1.45. The molecule has 0 aliphatic carbocycles. The summed E-state index contributed by atoms with van der Waals surface area (Å²) in [6.07, 6.45) is 0. The Balaban J connectivity index is 2.43. The highest BCUT2D eigenvalue weighted by Gasteiger charge is 2.12. The molecule has 0 saturated heterocycles. The smallest absolute Gasteiger partial charge is 0.309 e. The number of carbonyl (C=O) groups excluding carboxylic acids is 2. The summed E-state index contributed by atoms with van der Waals surface area (Å²) in [7, 11) is 3.08. The zero-order chi connectivity index (χ0) is 14.1. The van der Waals surface area contributed by atoms with Crippen LogP contribution in [0.15, 0.2) is 24.3 Å². The van der Waals surface area contributed by atoms with E-state index in [9.17, 15) is 9.59 Å². The van der Waals surface area contributed by atoms with E-state index < -0.39 is 11.8 Å². The maximum Gasteiger partial charge on any atom is 0.309 e. The lowest BCUT2D eigenvalue weighted by atomic mass is 10.2. The van der Waals surface area contributed by atoms with E-state index in [0.717, 1.165) is 5.56 Å². The van der Waals surface area contributed by atoms with Gasteiger partial charge >= 0.3 is 11.8 Å². The highest BCUT2D eigenvalue weighted by Crippen LogP contribution is 2.16. The van der Waals surface area contributed by atoms with Crippen LogP contribution < -0.4 is 15.4 Å². The molecule has 0 unspecified atom stereocenters. The van der Waals surface area contributed by atoms with Crippen molar-refractivity contribution in [1.82, 2.24) is 10.6 Å². The first-order valence-corrected chi connectivity index (χ1v) is 5.86. The number of nitrogens with one attached hydrogen (secondary N) is 2. The topological polar surface area (TPSA) is 76.7 Å². The molecule has 1 aromatic carbocycles. The van der Waals surface area contributed by atoms with Crippen molar-refractivity contribution in [1.29, 1.82) is 0 Å². The molecule has 0 radical (unpaired) electrons. The third-order valence-electron chi connectivity index (χ3n) is 2.43. The van der Waals surface area contributed by atoms with Crippen molar-refractivity contribution in [3.63, 3.8) is 0 Å². The number of hydrogen-bond acceptors (Lipinski definition) is 4. The van der Waals surface area contributed by atoms with Crippen molar-refractivity contribution in [3.05, 3.63) is 29.8 Å². The second-order valence-electron chi connectivity index (χ2n) is 3.74. The number of amides is 2. The van der Waals surface area contributed by atoms with E-state index in [-0.39, 0.29) is 6.54 Å². The minimum Gasteiger partial charge on any atom is -0.496 e. The third kappa shape index (κ3) is 4.97. The number of methoxy groups -OCH3 is 2. The Kier molecular flexibility index (Phi) is 6.38. The summed E-state index contributed by atoms with van der Waals surface area (Å²) in [5.41, 5.74) is 0.808. The standard InChI is InChI=1S/C13H18N2O4/c1-18-8-7-14-12(16)13(17)15-9-10-5-3-4-6-11(10)19-2/h3-6H,7-9H2,1-2H3,(H,14,16)(H,15,17). The van der Waals surface area contributed by atoms with Gasteiger partial charge in [0.15, 0.2) is 0 Å². The molecule has 104 valence electrons. The molecule has 1 rings (SSSR count). The molecule has 1 aromatic rings. The summed E-state index contributed by atoms with van der Waals surface area (Å²) in [6.45, 7) is 0.906. The van der Waals surface area contributed by atoms with Crippen LogP contribution in [0, 0.1) is 0 Å². The van der Waals surface area contributed by atoms with Crippen LogP contribution in [0.2, 0.25) is 0 Å². The van der Waals surface area contributed by atoms with Crippen LogP contribution in [0.3, 0.4) is 0 Å². The van der Waals surface area contributed by atoms with Crippen LogP contribution in [0.4, 0.5) is 0 Å². The monoisotopic (exact) mass is 266 g/mol. The van der Waals surface area contributed by atoms with E-state index in [1.807, 2.05) is 18.2 Å².